The predicted octanol–water partition coefficient (Wildman–Crippen LogP) is -0.856. The van der Waals surface area contributed by atoms with Crippen LogP contribution < -0.4 is 26.5 Å². The second-order valence-corrected chi connectivity index (χ2v) is 11.8. The van der Waals surface area contributed by atoms with E-state index in [0.717, 1.165) is 32.7 Å². The Labute approximate surface area is 258 Å². The number of β-lactam (4-membered cyclic amide) rings is 1. The lowest BCUT2D eigenvalue weighted by atomic mass is 10.0. The number of hydrogen-bond acceptors (Lipinski definition) is 13. The molecule has 2 atom stereocenters. The number of nitrogens with two attached hydrogens (primary N) is 2. The molecule has 2 aliphatic rings. The maximum atomic E-state index is 13.2. The Bertz CT molecular complexity index is 1590. The van der Waals surface area contributed by atoms with E-state index < -0.39 is 29.2 Å². The number of thioether (sulfide) groups is 2. The van der Waals surface area contributed by atoms with Crippen LogP contribution >= 0.6 is 47.3 Å². The molecule has 222 valence electrons. The lowest BCUT2D eigenvalue weighted by molar-refractivity contribution is -0.662. The average molecular weight is 652 g/mol. The zero-order valence-corrected chi connectivity index (χ0v) is 25.1. The van der Waals surface area contributed by atoms with Crippen molar-refractivity contribution in [3.05, 3.63) is 59.5 Å². The first-order valence-electron chi connectivity index (χ1n) is 12.2. The number of nitrogen functional groups attached to an aromatic ring is 1. The summed E-state index contributed by atoms with van der Waals surface area (Å²) >= 11 is 3.99. The van der Waals surface area contributed by atoms with Crippen molar-refractivity contribution in [2.75, 3.05) is 30.4 Å². The van der Waals surface area contributed by atoms with Gasteiger partial charge in [0, 0.05) is 35.1 Å². The van der Waals surface area contributed by atoms with Gasteiger partial charge in [0.1, 0.15) is 41.5 Å². The highest BCUT2D eigenvalue weighted by Crippen LogP contribution is 2.40. The molecule has 42 heavy (non-hydrogen) atoms. The number of carboxylic acids is 1. The highest BCUT2D eigenvalue weighted by molar-refractivity contribution is 8.00. The summed E-state index contributed by atoms with van der Waals surface area (Å²) in [6.07, 6.45) is 5.02. The second-order valence-electron chi connectivity index (χ2n) is 8.73. The Kier molecular flexibility index (Phi) is 10.1. The third-order valence-electron chi connectivity index (χ3n) is 6.08. The van der Waals surface area contributed by atoms with Gasteiger partial charge in [-0.05, 0) is 6.07 Å². The summed E-state index contributed by atoms with van der Waals surface area (Å²) in [5.74, 6) is -1.72. The minimum Gasteiger partial charge on any atom is -0.543 e. The van der Waals surface area contributed by atoms with Crippen molar-refractivity contribution in [3.8, 4) is 0 Å². The second kappa shape index (κ2) is 13.6. The zero-order valence-electron chi connectivity index (χ0n) is 21.9. The third-order valence-corrected chi connectivity index (χ3v) is 9.05. The van der Waals surface area contributed by atoms with Crippen molar-refractivity contribution in [3.63, 3.8) is 0 Å². The van der Waals surface area contributed by atoms with Crippen molar-refractivity contribution in [1.29, 1.82) is 0 Å². The van der Waals surface area contributed by atoms with E-state index in [2.05, 4.69) is 27.1 Å². The summed E-state index contributed by atoms with van der Waals surface area (Å²) in [4.78, 5) is 48.8. The quantitative estimate of drug-likeness (QED) is 0.0419. The summed E-state index contributed by atoms with van der Waals surface area (Å²) in [7, 11) is 0. The monoisotopic (exact) mass is 651 g/mol. The van der Waals surface area contributed by atoms with Crippen molar-refractivity contribution in [1.82, 2.24) is 24.8 Å². The van der Waals surface area contributed by atoms with Crippen LogP contribution in [0, 0.1) is 0 Å². The van der Waals surface area contributed by atoms with Gasteiger partial charge in [-0.25, -0.2) is 9.55 Å². The Morgan fingerprint density at radius 1 is 1.40 bits per heavy atom. The molecule has 5 rings (SSSR count). The molecule has 0 aromatic carbocycles. The van der Waals surface area contributed by atoms with Crippen LogP contribution in [0.1, 0.15) is 5.69 Å². The number of rotatable bonds is 12. The van der Waals surface area contributed by atoms with Gasteiger partial charge >= 0.3 is 5.65 Å². The van der Waals surface area contributed by atoms with Crippen molar-refractivity contribution in [2.24, 2.45) is 10.9 Å². The first-order chi connectivity index (χ1) is 19.8. The molecule has 5 heterocycles. The maximum Gasteiger partial charge on any atom is 0.307 e. The van der Waals surface area contributed by atoms with Gasteiger partial charge in [-0.15, -0.1) is 51.8 Å². The Balaban J connectivity index is 0.00000405. The van der Waals surface area contributed by atoms with E-state index >= 15 is 0 Å². The van der Waals surface area contributed by atoms with Gasteiger partial charge in [0.05, 0.1) is 11.7 Å². The van der Waals surface area contributed by atoms with Crippen LogP contribution in [0.5, 0.6) is 0 Å². The first kappa shape index (κ1) is 31.3. The van der Waals surface area contributed by atoms with Gasteiger partial charge in [-0.3, -0.25) is 14.5 Å². The highest BCUT2D eigenvalue weighted by atomic mass is 35.5. The summed E-state index contributed by atoms with van der Waals surface area (Å²) in [6.45, 7) is 4.33. The summed E-state index contributed by atoms with van der Waals surface area (Å²) in [5.41, 5.74) is 12.3. The number of nitrogens with one attached hydrogen (secondary N) is 1. The van der Waals surface area contributed by atoms with Gasteiger partial charge in [0.15, 0.2) is 17.0 Å². The molecule has 0 spiro atoms. The summed E-state index contributed by atoms with van der Waals surface area (Å²) in [6, 6.07) is 2.77. The molecule has 14 nitrogen and oxygen atoms in total. The van der Waals surface area contributed by atoms with E-state index in [0.29, 0.717) is 17.9 Å². The van der Waals surface area contributed by atoms with Gasteiger partial charge < -0.3 is 31.5 Å². The predicted molar refractivity (Wildman–Crippen MR) is 159 cm³/mol. The number of carboxylic acid groups (broad SMARTS) is 1. The fourth-order valence-corrected chi connectivity index (χ4v) is 6.83. The number of thiazole rings is 1. The fraction of sp³-hybridized carbons (Fsp3) is 0.292. The number of nitrogens with zero attached hydrogens (tertiary/aromatic N) is 6. The maximum absolute atomic E-state index is 13.2. The van der Waals surface area contributed by atoms with Crippen LogP contribution in [-0.2, 0) is 25.8 Å². The molecular formula is C24H26ClN9O5S3. The number of aliphatic carboxylic acids is 1. The van der Waals surface area contributed by atoms with Gasteiger partial charge in [0.25, 0.3) is 11.8 Å². The van der Waals surface area contributed by atoms with Crippen LogP contribution in [0.25, 0.3) is 5.65 Å². The molecule has 3 aromatic heterocycles. The molecule has 3 aromatic rings. The van der Waals surface area contributed by atoms with Crippen LogP contribution in [-0.4, -0.2) is 79.1 Å². The molecule has 5 N–H and O–H groups in total. The number of amides is 2. The van der Waals surface area contributed by atoms with Crippen LogP contribution in [0.2, 0.25) is 0 Å². The van der Waals surface area contributed by atoms with E-state index in [1.54, 1.807) is 16.9 Å². The number of fused-ring (bicyclic) bond motifs is 2. The molecule has 18 heteroatoms. The smallest absolute Gasteiger partial charge is 0.307 e. The van der Waals surface area contributed by atoms with E-state index in [1.165, 1.54) is 35.0 Å². The van der Waals surface area contributed by atoms with E-state index in [9.17, 15) is 19.5 Å². The van der Waals surface area contributed by atoms with Crippen molar-refractivity contribution in [2.45, 2.75) is 23.0 Å². The van der Waals surface area contributed by atoms with Crippen molar-refractivity contribution >= 4 is 81.5 Å². The van der Waals surface area contributed by atoms with Gasteiger partial charge in [-0.2, -0.15) is 0 Å². The van der Waals surface area contributed by atoms with Gasteiger partial charge in [0.2, 0.25) is 0 Å². The average Bonchev–Trinajstić information content (AvgIpc) is 3.57. The number of carbonyl (C=O) groups excluding carboxylic acids is 3. The number of oxime groups is 1. The Morgan fingerprint density at radius 2 is 2.21 bits per heavy atom. The molecule has 1 fully saturated rings. The van der Waals surface area contributed by atoms with Crippen molar-refractivity contribution < 1.29 is 28.9 Å². The number of anilines is 1. The molecule has 1 saturated heterocycles. The number of hydrogen-bond donors (Lipinski definition) is 3. The minimum absolute atomic E-state index is 0. The number of carbonyl (C=O) groups is 3. The zero-order chi connectivity index (χ0) is 29.1. The van der Waals surface area contributed by atoms with Crippen LogP contribution in [0.15, 0.2) is 64.0 Å². The van der Waals surface area contributed by atoms with Crippen LogP contribution in [0.4, 0.5) is 5.13 Å². The first-order valence-corrected chi connectivity index (χ1v) is 15.2. The molecule has 0 radical (unpaired) electrons. The molecule has 0 bridgehead atoms. The standard InChI is InChI=1S/C24H25N9O5S3.ClH/c1-2-8-38-30-17(14-12-41-24(26)27-14)20(34)28-18-21(35)33-19(23(36)37)13(11-40-22(18)33)10-31-6-7-32-16(31)4-3-15(29-32)39-9-5-25;/h2-4,6-7,12,18,22H,1,5,8-11,25H2,(H3-,26,27,28,34,36,37);1H/b30-17-;/t18-,22-;/m1./s1. The Morgan fingerprint density at radius 3 is 2.90 bits per heavy atom. The number of aromatic nitrogens is 4. The minimum atomic E-state index is -1.47. The van der Waals surface area contributed by atoms with E-state index in [-0.39, 0.29) is 47.8 Å². The molecule has 0 saturated carbocycles. The third kappa shape index (κ3) is 6.24. The summed E-state index contributed by atoms with van der Waals surface area (Å²) < 4.78 is 3.55. The largest absolute Gasteiger partial charge is 0.543 e. The van der Waals surface area contributed by atoms with Crippen LogP contribution in [0.3, 0.4) is 0 Å². The van der Waals surface area contributed by atoms with Gasteiger partial charge in [-0.1, -0.05) is 22.9 Å². The number of imidazole rings is 1. The molecule has 2 aliphatic heterocycles. The molecule has 0 aliphatic carbocycles. The SMILES string of the molecule is C=CCO/N=C(\C(=O)N[C@@H]1C(=O)N2C(C(=O)[O-])=C(C[n+]3ccn4nc(SCCN)ccc43)CS[C@H]12)c1csc(N)n1.Cl. The Hall–Kier alpha value is -3.64. The summed E-state index contributed by atoms with van der Waals surface area (Å²) in [5, 5.41) is 25.2. The number of halogens is 1. The highest BCUT2D eigenvalue weighted by Gasteiger charge is 2.53. The van der Waals surface area contributed by atoms with E-state index in [1.807, 2.05) is 16.7 Å². The molecule has 0 unspecified atom stereocenters. The fourth-order valence-electron chi connectivity index (χ4n) is 4.31. The lowest BCUT2D eigenvalue weighted by Gasteiger charge is -2.50. The molecule has 2 amide bonds. The topological polar surface area (TPSA) is 197 Å². The molecular weight excluding hydrogens is 626 g/mol. The lowest BCUT2D eigenvalue weighted by Crippen LogP contribution is -2.71. The normalized spacial score (nSPS) is 18.3. The van der Waals surface area contributed by atoms with E-state index in [4.69, 9.17) is 16.3 Å².